The first-order chi connectivity index (χ1) is 7.65. The van der Waals surface area contributed by atoms with Crippen LogP contribution in [0.15, 0.2) is 12.1 Å². The molecule has 2 nitrogen and oxygen atoms in total. The van der Waals surface area contributed by atoms with Gasteiger partial charge >= 0.3 is 0 Å². The Labute approximate surface area is 105 Å². The average Bonchev–Trinajstić information content (AvgIpc) is 2.67. The molecule has 0 spiro atoms. The molecule has 0 saturated heterocycles. The molecule has 1 amide bonds. The van der Waals surface area contributed by atoms with Gasteiger partial charge in [-0.15, -0.1) is 11.6 Å². The van der Waals surface area contributed by atoms with E-state index in [9.17, 15) is 4.79 Å². The fourth-order valence-corrected chi connectivity index (χ4v) is 2.67. The van der Waals surface area contributed by atoms with Crippen molar-refractivity contribution in [3.05, 3.63) is 28.3 Å². The van der Waals surface area contributed by atoms with Crippen LogP contribution in [0, 0.1) is 0 Å². The van der Waals surface area contributed by atoms with Crippen molar-refractivity contribution in [1.29, 1.82) is 0 Å². The molecule has 0 aliphatic carbocycles. The number of hydrogen-bond acceptors (Lipinski definition) is 1. The van der Waals surface area contributed by atoms with Crippen molar-refractivity contribution in [3.8, 4) is 0 Å². The van der Waals surface area contributed by atoms with Gasteiger partial charge in [0, 0.05) is 30.1 Å². The number of aryl methyl sites for hydroxylation is 1. The summed E-state index contributed by atoms with van der Waals surface area (Å²) in [6.45, 7) is 2.31. The number of alkyl halides is 1. The van der Waals surface area contributed by atoms with Gasteiger partial charge in [0.2, 0.25) is 5.91 Å². The summed E-state index contributed by atoms with van der Waals surface area (Å²) in [6.07, 6.45) is 1.61. The zero-order valence-electron chi connectivity index (χ0n) is 9.09. The lowest BCUT2D eigenvalue weighted by molar-refractivity contribution is -0.116. The van der Waals surface area contributed by atoms with Crippen LogP contribution in [0.2, 0.25) is 5.02 Å². The van der Waals surface area contributed by atoms with Gasteiger partial charge in [-0.05, 0) is 30.0 Å². The number of hydrogen-bond donors (Lipinski definition) is 0. The van der Waals surface area contributed by atoms with E-state index in [2.05, 4.69) is 0 Å². The summed E-state index contributed by atoms with van der Waals surface area (Å²) in [6, 6.07) is 3.93. The number of nitrogens with zero attached hydrogens (tertiary/aromatic N) is 1. The number of rotatable bonds is 2. The highest BCUT2D eigenvalue weighted by atomic mass is 35.5. The molecule has 2 rings (SSSR count). The Balaban J connectivity index is 2.41. The van der Waals surface area contributed by atoms with Gasteiger partial charge in [0.05, 0.1) is 0 Å². The van der Waals surface area contributed by atoms with Crippen LogP contribution < -0.4 is 4.90 Å². The smallest absolute Gasteiger partial charge is 0.223 e. The molecule has 0 saturated carbocycles. The highest BCUT2D eigenvalue weighted by Crippen LogP contribution is 2.36. The van der Waals surface area contributed by atoms with Crippen LogP contribution in [0.5, 0.6) is 0 Å². The van der Waals surface area contributed by atoms with E-state index in [0.29, 0.717) is 5.88 Å². The van der Waals surface area contributed by atoms with E-state index in [1.165, 1.54) is 0 Å². The number of amides is 1. The maximum atomic E-state index is 11.4. The molecule has 4 heteroatoms. The lowest BCUT2D eigenvalue weighted by atomic mass is 10.1. The molecule has 0 aromatic heterocycles. The van der Waals surface area contributed by atoms with Crippen LogP contribution in [-0.2, 0) is 17.6 Å². The zero-order chi connectivity index (χ0) is 11.7. The van der Waals surface area contributed by atoms with E-state index >= 15 is 0 Å². The second-order valence-electron chi connectivity index (χ2n) is 3.90. The van der Waals surface area contributed by atoms with E-state index < -0.39 is 0 Å². The average molecular weight is 258 g/mol. The summed E-state index contributed by atoms with van der Waals surface area (Å²) in [5.41, 5.74) is 3.11. The third-order valence-electron chi connectivity index (χ3n) is 2.92. The van der Waals surface area contributed by atoms with Crippen LogP contribution in [0.1, 0.15) is 18.1 Å². The molecule has 0 fully saturated rings. The van der Waals surface area contributed by atoms with Crippen molar-refractivity contribution in [2.24, 2.45) is 0 Å². The van der Waals surface area contributed by atoms with E-state index in [-0.39, 0.29) is 5.91 Å². The van der Waals surface area contributed by atoms with Crippen molar-refractivity contribution in [3.63, 3.8) is 0 Å². The van der Waals surface area contributed by atoms with Gasteiger partial charge in [0.15, 0.2) is 0 Å². The van der Waals surface area contributed by atoms with Crippen molar-refractivity contribution < 1.29 is 4.79 Å². The first kappa shape index (κ1) is 11.7. The molecular weight excluding hydrogens is 245 g/mol. The van der Waals surface area contributed by atoms with E-state index in [4.69, 9.17) is 23.2 Å². The van der Waals surface area contributed by atoms with Crippen molar-refractivity contribution >= 4 is 34.8 Å². The summed E-state index contributed by atoms with van der Waals surface area (Å²) in [7, 11) is 0. The number of carbonyl (C=O) groups is 1. The molecule has 86 valence electrons. The molecule has 1 aromatic rings. The number of halogens is 2. The van der Waals surface area contributed by atoms with Gasteiger partial charge < -0.3 is 4.90 Å². The van der Waals surface area contributed by atoms with Crippen LogP contribution in [-0.4, -0.2) is 18.3 Å². The number of carbonyl (C=O) groups excluding carboxylic acids is 1. The lowest BCUT2D eigenvalue weighted by Gasteiger charge is -2.15. The van der Waals surface area contributed by atoms with Gasteiger partial charge in [0.1, 0.15) is 0 Å². The molecule has 16 heavy (non-hydrogen) atoms. The van der Waals surface area contributed by atoms with Gasteiger partial charge in [-0.2, -0.15) is 0 Å². The summed E-state index contributed by atoms with van der Waals surface area (Å²) in [4.78, 5) is 13.2. The molecule has 1 aliphatic rings. The molecular formula is C12H13Cl2NO. The number of anilines is 1. The Morgan fingerprint density at radius 1 is 1.50 bits per heavy atom. The molecule has 1 aliphatic heterocycles. The third kappa shape index (κ3) is 1.92. The second kappa shape index (κ2) is 4.64. The molecule has 1 heterocycles. The van der Waals surface area contributed by atoms with E-state index in [1.807, 2.05) is 12.1 Å². The standard InChI is InChI=1S/C12H13Cl2NO/c1-8(16)15-7-5-10-11(15)3-2-9(4-6-13)12(10)14/h2-3H,4-7H2,1H3. The maximum Gasteiger partial charge on any atom is 0.223 e. The molecule has 0 radical (unpaired) electrons. The molecule has 0 bridgehead atoms. The Hall–Kier alpha value is -0.730. The fourth-order valence-electron chi connectivity index (χ4n) is 2.12. The summed E-state index contributed by atoms with van der Waals surface area (Å²) >= 11 is 12.0. The first-order valence-corrected chi connectivity index (χ1v) is 6.20. The summed E-state index contributed by atoms with van der Waals surface area (Å²) < 4.78 is 0. The number of fused-ring (bicyclic) bond motifs is 1. The monoisotopic (exact) mass is 257 g/mol. The Morgan fingerprint density at radius 3 is 2.88 bits per heavy atom. The third-order valence-corrected chi connectivity index (χ3v) is 3.58. The first-order valence-electron chi connectivity index (χ1n) is 5.29. The van der Waals surface area contributed by atoms with Gasteiger partial charge in [-0.3, -0.25) is 4.79 Å². The predicted octanol–water partition coefficient (Wildman–Crippen LogP) is 3.03. The largest absolute Gasteiger partial charge is 0.312 e. The Kier molecular flexibility index (Phi) is 3.41. The van der Waals surface area contributed by atoms with Crippen molar-refractivity contribution in [1.82, 2.24) is 0 Å². The summed E-state index contributed by atoms with van der Waals surface area (Å²) in [5, 5.41) is 0.780. The molecule has 0 N–H and O–H groups in total. The minimum Gasteiger partial charge on any atom is -0.312 e. The fraction of sp³-hybridized carbons (Fsp3) is 0.417. The molecule has 0 atom stereocenters. The minimum absolute atomic E-state index is 0.0694. The van der Waals surface area contributed by atoms with Gasteiger partial charge in [-0.1, -0.05) is 17.7 Å². The minimum atomic E-state index is 0.0694. The quantitative estimate of drug-likeness (QED) is 0.746. The van der Waals surface area contributed by atoms with Crippen molar-refractivity contribution in [2.45, 2.75) is 19.8 Å². The van der Waals surface area contributed by atoms with E-state index in [0.717, 1.165) is 41.2 Å². The lowest BCUT2D eigenvalue weighted by Crippen LogP contribution is -2.25. The van der Waals surface area contributed by atoms with Crippen LogP contribution in [0.25, 0.3) is 0 Å². The van der Waals surface area contributed by atoms with Crippen molar-refractivity contribution in [2.75, 3.05) is 17.3 Å². The molecule has 1 aromatic carbocycles. The normalized spacial score (nSPS) is 14.1. The maximum absolute atomic E-state index is 11.4. The highest BCUT2D eigenvalue weighted by Gasteiger charge is 2.25. The van der Waals surface area contributed by atoms with E-state index in [1.54, 1.807) is 11.8 Å². The highest BCUT2D eigenvalue weighted by molar-refractivity contribution is 6.33. The van der Waals surface area contributed by atoms with Gasteiger partial charge in [0.25, 0.3) is 0 Å². The van der Waals surface area contributed by atoms with Crippen LogP contribution in [0.4, 0.5) is 5.69 Å². The zero-order valence-corrected chi connectivity index (χ0v) is 10.6. The van der Waals surface area contributed by atoms with Crippen LogP contribution in [0.3, 0.4) is 0 Å². The summed E-state index contributed by atoms with van der Waals surface area (Å²) in [5.74, 6) is 0.634. The topological polar surface area (TPSA) is 20.3 Å². The Bertz CT molecular complexity index is 431. The predicted molar refractivity (Wildman–Crippen MR) is 67.6 cm³/mol. The van der Waals surface area contributed by atoms with Gasteiger partial charge in [-0.25, -0.2) is 0 Å². The van der Waals surface area contributed by atoms with Crippen LogP contribution >= 0.6 is 23.2 Å². The second-order valence-corrected chi connectivity index (χ2v) is 4.65. The number of benzene rings is 1. The SMILES string of the molecule is CC(=O)N1CCc2c1ccc(CCCl)c2Cl. The Morgan fingerprint density at radius 2 is 2.25 bits per heavy atom. The molecule has 0 unspecified atom stereocenters.